The van der Waals surface area contributed by atoms with E-state index >= 15 is 0 Å². The first kappa shape index (κ1) is 15.1. The molecule has 0 spiro atoms. The fourth-order valence-electron chi connectivity index (χ4n) is 5.23. The quantitative estimate of drug-likeness (QED) is 0.524. The van der Waals surface area contributed by atoms with E-state index in [2.05, 4.69) is 62.7 Å². The first-order valence-electron chi connectivity index (χ1n) is 9.35. The van der Waals surface area contributed by atoms with E-state index in [4.69, 9.17) is 4.74 Å². The number of allylic oxidation sites excluding steroid dienone is 1. The Labute approximate surface area is 148 Å². The summed E-state index contributed by atoms with van der Waals surface area (Å²) in [4.78, 5) is 3.70. The molecule has 1 aromatic heterocycles. The number of hydrogen-bond acceptors (Lipinski definition) is 1. The molecule has 2 bridgehead atoms. The standard InChI is InChI=1S/C23H25NO/c1-13(2)15-9-10-23(4)12-18(15)20-21-17(11-14(3)22(20)25-23)16-7-5-6-8-19(16)24-21/h5-8,11,15,18,24H,1,9-10,12H2,2-4H3/t15-,18+,23+/m1/s1. The van der Waals surface area contributed by atoms with Crippen LogP contribution in [0.4, 0.5) is 0 Å². The number of ether oxygens (including phenoxy) is 1. The van der Waals surface area contributed by atoms with Crippen molar-refractivity contribution >= 4 is 21.8 Å². The molecule has 25 heavy (non-hydrogen) atoms. The summed E-state index contributed by atoms with van der Waals surface area (Å²) < 4.78 is 6.60. The summed E-state index contributed by atoms with van der Waals surface area (Å²) in [7, 11) is 0. The molecule has 0 radical (unpaired) electrons. The van der Waals surface area contributed by atoms with Crippen LogP contribution in [0.3, 0.4) is 0 Å². The molecule has 0 amide bonds. The van der Waals surface area contributed by atoms with Gasteiger partial charge in [-0.3, -0.25) is 0 Å². The molecule has 0 saturated heterocycles. The number of nitrogens with one attached hydrogen (secondary N) is 1. The predicted molar refractivity (Wildman–Crippen MR) is 104 cm³/mol. The molecule has 1 fully saturated rings. The van der Waals surface area contributed by atoms with Crippen molar-refractivity contribution in [3.05, 3.63) is 53.6 Å². The monoisotopic (exact) mass is 331 g/mol. The van der Waals surface area contributed by atoms with Gasteiger partial charge in [-0.15, -0.1) is 0 Å². The van der Waals surface area contributed by atoms with Crippen molar-refractivity contribution in [3.63, 3.8) is 0 Å². The van der Waals surface area contributed by atoms with Crippen LogP contribution in [-0.2, 0) is 0 Å². The Bertz CT molecular complexity index is 1030. The number of H-pyrrole nitrogens is 1. The topological polar surface area (TPSA) is 25.0 Å². The molecule has 1 aliphatic heterocycles. The average molecular weight is 331 g/mol. The summed E-state index contributed by atoms with van der Waals surface area (Å²) in [5.74, 6) is 2.16. The number of hydrogen-bond donors (Lipinski definition) is 1. The summed E-state index contributed by atoms with van der Waals surface area (Å²) in [5.41, 5.74) is 6.39. The molecule has 0 unspecified atom stereocenters. The lowest BCUT2D eigenvalue weighted by Gasteiger charge is -2.48. The fraction of sp³-hybridized carbons (Fsp3) is 0.391. The van der Waals surface area contributed by atoms with Gasteiger partial charge in [-0.05, 0) is 69.6 Å². The number of para-hydroxylation sites is 1. The second-order valence-electron chi connectivity index (χ2n) is 8.38. The van der Waals surface area contributed by atoms with E-state index in [0.29, 0.717) is 11.8 Å². The van der Waals surface area contributed by atoms with Gasteiger partial charge in [0.25, 0.3) is 0 Å². The molecule has 2 aliphatic rings. The Hall–Kier alpha value is -2.22. The highest BCUT2D eigenvalue weighted by molar-refractivity contribution is 6.09. The van der Waals surface area contributed by atoms with Gasteiger partial charge in [-0.2, -0.15) is 0 Å². The third kappa shape index (κ3) is 2.03. The first-order valence-corrected chi connectivity index (χ1v) is 9.35. The Morgan fingerprint density at radius 2 is 2.08 bits per heavy atom. The molecule has 2 aromatic carbocycles. The predicted octanol–water partition coefficient (Wildman–Crippen LogP) is 6.24. The first-order chi connectivity index (χ1) is 12.0. The number of benzene rings is 2. The highest BCUT2D eigenvalue weighted by Gasteiger charge is 2.46. The van der Waals surface area contributed by atoms with Gasteiger partial charge in [-0.1, -0.05) is 30.4 Å². The zero-order valence-corrected chi connectivity index (χ0v) is 15.3. The van der Waals surface area contributed by atoms with E-state index in [-0.39, 0.29) is 5.60 Å². The molecule has 2 nitrogen and oxygen atoms in total. The lowest BCUT2D eigenvalue weighted by Crippen LogP contribution is -2.44. The lowest BCUT2D eigenvalue weighted by atomic mass is 9.65. The number of aromatic nitrogens is 1. The minimum Gasteiger partial charge on any atom is -0.487 e. The summed E-state index contributed by atoms with van der Waals surface area (Å²) in [6, 6.07) is 10.9. The molecular formula is C23H25NO. The third-order valence-corrected chi connectivity index (χ3v) is 6.45. The maximum atomic E-state index is 6.60. The van der Waals surface area contributed by atoms with Crippen molar-refractivity contribution in [1.82, 2.24) is 4.98 Å². The number of fused-ring (bicyclic) bond motifs is 8. The Morgan fingerprint density at radius 3 is 2.88 bits per heavy atom. The van der Waals surface area contributed by atoms with Crippen LogP contribution in [-0.4, -0.2) is 10.6 Å². The van der Waals surface area contributed by atoms with E-state index in [0.717, 1.165) is 18.6 Å². The number of rotatable bonds is 1. The van der Waals surface area contributed by atoms with Crippen LogP contribution < -0.4 is 4.74 Å². The van der Waals surface area contributed by atoms with Crippen molar-refractivity contribution in [2.45, 2.75) is 51.6 Å². The van der Waals surface area contributed by atoms with Gasteiger partial charge in [0, 0.05) is 21.9 Å². The molecule has 2 heterocycles. The van der Waals surface area contributed by atoms with Crippen LogP contribution >= 0.6 is 0 Å². The van der Waals surface area contributed by atoms with Crippen LogP contribution in [0.15, 0.2) is 42.5 Å². The highest BCUT2D eigenvalue weighted by Crippen LogP contribution is 2.56. The molecule has 1 N–H and O–H groups in total. The fourth-order valence-corrected chi connectivity index (χ4v) is 5.23. The van der Waals surface area contributed by atoms with E-state index in [1.54, 1.807) is 0 Å². The van der Waals surface area contributed by atoms with Gasteiger partial charge in [-0.25, -0.2) is 0 Å². The third-order valence-electron chi connectivity index (χ3n) is 6.45. The normalized spacial score (nSPS) is 28.0. The average Bonchev–Trinajstić information content (AvgIpc) is 2.93. The van der Waals surface area contributed by atoms with Crippen LogP contribution in [0.5, 0.6) is 5.75 Å². The van der Waals surface area contributed by atoms with E-state index in [1.807, 2.05) is 0 Å². The zero-order valence-electron chi connectivity index (χ0n) is 15.3. The van der Waals surface area contributed by atoms with Crippen molar-refractivity contribution in [1.29, 1.82) is 0 Å². The van der Waals surface area contributed by atoms with Crippen molar-refractivity contribution in [2.75, 3.05) is 0 Å². The molecular weight excluding hydrogens is 306 g/mol. The Kier molecular flexibility index (Phi) is 2.96. The van der Waals surface area contributed by atoms with Gasteiger partial charge in [0.1, 0.15) is 11.4 Å². The SMILES string of the molecule is C=C(C)[C@H]1CC[C@@]2(C)C[C@@H]1c1c(c(C)cc3c1[nH]c1ccccc13)O2. The molecule has 1 aliphatic carbocycles. The van der Waals surface area contributed by atoms with E-state index in [1.165, 1.54) is 44.9 Å². The van der Waals surface area contributed by atoms with Crippen LogP contribution in [0.2, 0.25) is 0 Å². The molecule has 5 rings (SSSR count). The van der Waals surface area contributed by atoms with Gasteiger partial charge in [0.15, 0.2) is 0 Å². The second-order valence-corrected chi connectivity index (χ2v) is 8.38. The molecule has 128 valence electrons. The summed E-state index contributed by atoms with van der Waals surface area (Å²) in [6.45, 7) is 11.0. The molecule has 1 saturated carbocycles. The molecule has 3 atom stereocenters. The largest absolute Gasteiger partial charge is 0.487 e. The summed E-state index contributed by atoms with van der Waals surface area (Å²) in [5, 5.41) is 2.63. The van der Waals surface area contributed by atoms with E-state index in [9.17, 15) is 0 Å². The van der Waals surface area contributed by atoms with Gasteiger partial charge >= 0.3 is 0 Å². The van der Waals surface area contributed by atoms with Gasteiger partial charge in [0.2, 0.25) is 0 Å². The summed E-state index contributed by atoms with van der Waals surface area (Å²) >= 11 is 0. The molecule has 3 aromatic rings. The second kappa shape index (κ2) is 4.91. The lowest BCUT2D eigenvalue weighted by molar-refractivity contribution is 0.00731. The molecule has 2 heteroatoms. The Morgan fingerprint density at radius 1 is 1.28 bits per heavy atom. The van der Waals surface area contributed by atoms with Crippen LogP contribution in [0.25, 0.3) is 21.8 Å². The van der Waals surface area contributed by atoms with Crippen molar-refractivity contribution in [2.24, 2.45) is 5.92 Å². The highest BCUT2D eigenvalue weighted by atomic mass is 16.5. The number of aromatic amines is 1. The van der Waals surface area contributed by atoms with Gasteiger partial charge < -0.3 is 9.72 Å². The van der Waals surface area contributed by atoms with Crippen molar-refractivity contribution in [3.8, 4) is 5.75 Å². The smallest absolute Gasteiger partial charge is 0.128 e. The van der Waals surface area contributed by atoms with Gasteiger partial charge in [0.05, 0.1) is 5.52 Å². The minimum absolute atomic E-state index is 0.0337. The minimum atomic E-state index is -0.0337. The van der Waals surface area contributed by atoms with Crippen LogP contribution in [0, 0.1) is 12.8 Å². The summed E-state index contributed by atoms with van der Waals surface area (Å²) in [6.07, 6.45) is 3.38. The Balaban J connectivity index is 1.87. The zero-order chi connectivity index (χ0) is 17.3. The maximum Gasteiger partial charge on any atom is 0.128 e. The number of aryl methyl sites for hydroxylation is 1. The maximum absolute atomic E-state index is 6.60. The van der Waals surface area contributed by atoms with E-state index < -0.39 is 0 Å². The van der Waals surface area contributed by atoms with Crippen molar-refractivity contribution < 1.29 is 4.74 Å². The van der Waals surface area contributed by atoms with Crippen LogP contribution in [0.1, 0.15) is 50.2 Å².